The topological polar surface area (TPSA) is 89.5 Å². The highest BCUT2D eigenvalue weighted by Gasteiger charge is 2.57. The summed E-state index contributed by atoms with van der Waals surface area (Å²) in [6.45, 7) is 0. The molecule has 1 N–H and O–H groups in total. The summed E-state index contributed by atoms with van der Waals surface area (Å²) >= 11 is 6.43. The van der Waals surface area contributed by atoms with Crippen LogP contribution in [0.1, 0.15) is 24.8 Å². The first-order valence-corrected chi connectivity index (χ1v) is 11.6. The molecule has 0 aromatic heterocycles. The number of halogens is 1. The number of carbonyl (C=O) groups is 2. The van der Waals surface area contributed by atoms with Gasteiger partial charge >= 0.3 is 0 Å². The minimum Gasteiger partial charge on any atom is -0.497 e. The molecule has 3 rings (SSSR count). The van der Waals surface area contributed by atoms with Crippen LogP contribution in [0.25, 0.3) is 0 Å². The summed E-state index contributed by atoms with van der Waals surface area (Å²) in [6, 6.07) is 12.8. The minimum absolute atomic E-state index is 0.0478. The number of ether oxygens (including phenoxy) is 1. The van der Waals surface area contributed by atoms with E-state index in [1.54, 1.807) is 18.2 Å². The van der Waals surface area contributed by atoms with Crippen LogP contribution < -0.4 is 10.1 Å². The summed E-state index contributed by atoms with van der Waals surface area (Å²) in [5.74, 6) is 5.57. The summed E-state index contributed by atoms with van der Waals surface area (Å²) in [4.78, 5) is 24.4. The molecule has 2 aromatic rings. The van der Waals surface area contributed by atoms with Gasteiger partial charge < -0.3 is 4.74 Å². The molecule has 9 heteroatoms. The smallest absolute Gasteiger partial charge is 0.287 e. The lowest BCUT2D eigenvalue weighted by molar-refractivity contribution is -0.120. The van der Waals surface area contributed by atoms with Gasteiger partial charge in [-0.25, -0.2) is 8.42 Å². The second kappa shape index (κ2) is 9.13. The number of thioether (sulfide) groups is 1. The third-order valence-electron chi connectivity index (χ3n) is 4.49. The van der Waals surface area contributed by atoms with Crippen LogP contribution in [0.15, 0.2) is 53.4 Å². The van der Waals surface area contributed by atoms with Crippen molar-refractivity contribution in [2.24, 2.45) is 0 Å². The molecule has 0 aliphatic carbocycles. The lowest BCUT2D eigenvalue weighted by atomic mass is 10.1. The maximum Gasteiger partial charge on any atom is 0.287 e. The van der Waals surface area contributed by atoms with Crippen LogP contribution in [0.2, 0.25) is 5.02 Å². The maximum atomic E-state index is 13.3. The fraction of sp³-hybridized carbons (Fsp3) is 0.238. The van der Waals surface area contributed by atoms with Gasteiger partial charge in [0.05, 0.1) is 12.0 Å². The molecule has 1 atom stereocenters. The molecular weight excluding hydrogens is 446 g/mol. The molecule has 2 aromatic carbocycles. The number of rotatable bonds is 6. The van der Waals surface area contributed by atoms with Gasteiger partial charge in [-0.15, -0.1) is 0 Å². The molecule has 1 unspecified atom stereocenters. The molecule has 6 nitrogen and oxygen atoms in total. The Kier molecular flexibility index (Phi) is 6.76. The molecule has 1 aliphatic heterocycles. The van der Waals surface area contributed by atoms with Crippen molar-refractivity contribution in [1.82, 2.24) is 5.32 Å². The van der Waals surface area contributed by atoms with Crippen molar-refractivity contribution in [3.8, 4) is 17.6 Å². The van der Waals surface area contributed by atoms with Crippen LogP contribution in [0, 0.1) is 11.8 Å². The number of hydrogen-bond donors (Lipinski definition) is 1. The molecule has 30 heavy (non-hydrogen) atoms. The zero-order valence-corrected chi connectivity index (χ0v) is 18.4. The number of imide groups is 1. The molecular formula is C21H18ClNO5S2. The maximum absolute atomic E-state index is 13.3. The molecule has 1 saturated heterocycles. The van der Waals surface area contributed by atoms with Gasteiger partial charge in [0.2, 0.25) is 13.9 Å². The zero-order chi connectivity index (χ0) is 21.8. The van der Waals surface area contributed by atoms with Crippen LogP contribution in [-0.2, 0) is 14.6 Å². The van der Waals surface area contributed by atoms with Crippen molar-refractivity contribution in [3.05, 3.63) is 59.1 Å². The van der Waals surface area contributed by atoms with Gasteiger partial charge in [0, 0.05) is 17.0 Å². The molecule has 1 aliphatic rings. The fourth-order valence-corrected chi connectivity index (χ4v) is 6.53. The van der Waals surface area contributed by atoms with Crippen molar-refractivity contribution in [1.29, 1.82) is 0 Å². The third kappa shape index (κ3) is 4.48. The van der Waals surface area contributed by atoms with Gasteiger partial charge in [0.15, 0.2) is 0 Å². The van der Waals surface area contributed by atoms with Gasteiger partial charge in [-0.2, -0.15) is 0 Å². The van der Waals surface area contributed by atoms with E-state index in [1.807, 2.05) is 6.07 Å². The summed E-state index contributed by atoms with van der Waals surface area (Å²) in [5.41, 5.74) is 0.742. The summed E-state index contributed by atoms with van der Waals surface area (Å²) in [7, 11) is -2.68. The second-order valence-electron chi connectivity index (χ2n) is 6.44. The molecule has 0 saturated carbocycles. The van der Waals surface area contributed by atoms with E-state index in [1.165, 1.54) is 31.4 Å². The number of hydrogen-bond acceptors (Lipinski definition) is 6. The van der Waals surface area contributed by atoms with E-state index in [-0.39, 0.29) is 11.3 Å². The van der Waals surface area contributed by atoms with Gasteiger partial charge in [0.25, 0.3) is 11.1 Å². The average Bonchev–Trinajstić information content (AvgIpc) is 3.02. The Morgan fingerprint density at radius 3 is 2.50 bits per heavy atom. The summed E-state index contributed by atoms with van der Waals surface area (Å²) < 4.78 is 29.7. The third-order valence-corrected chi connectivity index (χ3v) is 8.79. The highest BCUT2D eigenvalue weighted by Crippen LogP contribution is 2.44. The van der Waals surface area contributed by atoms with Crippen LogP contribution in [0.4, 0.5) is 4.79 Å². The fourth-order valence-electron chi connectivity index (χ4n) is 2.97. The normalized spacial score (nSPS) is 18.5. The first kappa shape index (κ1) is 22.2. The van der Waals surface area contributed by atoms with E-state index in [4.69, 9.17) is 16.3 Å². The Morgan fingerprint density at radius 2 is 1.90 bits per heavy atom. The van der Waals surface area contributed by atoms with Crippen molar-refractivity contribution < 1.29 is 22.7 Å². The predicted octanol–water partition coefficient (Wildman–Crippen LogP) is 4.02. The second-order valence-corrected chi connectivity index (χ2v) is 10.6. The number of amides is 2. The molecule has 1 fully saturated rings. The van der Waals surface area contributed by atoms with E-state index in [0.717, 1.165) is 5.56 Å². The van der Waals surface area contributed by atoms with Gasteiger partial charge in [-0.05, 0) is 67.1 Å². The number of methoxy groups -OCH3 is 1. The molecule has 2 amide bonds. The van der Waals surface area contributed by atoms with E-state index in [0.29, 0.717) is 35.4 Å². The van der Waals surface area contributed by atoms with E-state index in [2.05, 4.69) is 17.2 Å². The summed E-state index contributed by atoms with van der Waals surface area (Å²) in [6.07, 6.45) is 0.624. The Morgan fingerprint density at radius 1 is 1.17 bits per heavy atom. The summed E-state index contributed by atoms with van der Waals surface area (Å²) in [5, 5.41) is 2.00. The number of nitrogens with one attached hydrogen (secondary N) is 1. The van der Waals surface area contributed by atoms with Crippen molar-refractivity contribution in [2.75, 3.05) is 7.11 Å². The van der Waals surface area contributed by atoms with Crippen LogP contribution in [-0.4, -0.2) is 30.8 Å². The van der Waals surface area contributed by atoms with Crippen LogP contribution in [0.5, 0.6) is 5.75 Å². The zero-order valence-electron chi connectivity index (χ0n) is 16.0. The number of carbonyl (C=O) groups excluding carboxylic acids is 2. The van der Waals surface area contributed by atoms with Crippen LogP contribution >= 0.6 is 23.4 Å². The van der Waals surface area contributed by atoms with Crippen molar-refractivity contribution >= 4 is 44.3 Å². The lowest BCUT2D eigenvalue weighted by Crippen LogP contribution is -2.43. The van der Waals surface area contributed by atoms with Gasteiger partial charge in [0.1, 0.15) is 5.75 Å². The lowest BCUT2D eigenvalue weighted by Gasteiger charge is -2.24. The molecule has 0 spiro atoms. The highest BCUT2D eigenvalue weighted by molar-refractivity contribution is 8.25. The average molecular weight is 464 g/mol. The van der Waals surface area contributed by atoms with Gasteiger partial charge in [-0.3, -0.25) is 14.9 Å². The van der Waals surface area contributed by atoms with Crippen molar-refractivity contribution in [3.63, 3.8) is 0 Å². The highest BCUT2D eigenvalue weighted by atomic mass is 35.5. The Labute approximate surface area is 184 Å². The monoisotopic (exact) mass is 463 g/mol. The molecule has 0 bridgehead atoms. The largest absolute Gasteiger partial charge is 0.497 e. The standard InChI is InChI=1S/C21H18ClNO5S2/c1-28-17-9-11-18(12-10-17)30(26,27)21(19(24)23-20(25)29-21)13-4-2-3-6-15-7-5-8-16(22)14-15/h5,7-12,14H,2,4,13H2,1H3,(H,23,24,25). The van der Waals surface area contributed by atoms with E-state index < -0.39 is 25.1 Å². The number of sulfone groups is 1. The van der Waals surface area contributed by atoms with Crippen molar-refractivity contribution in [2.45, 2.75) is 28.2 Å². The minimum atomic E-state index is -4.14. The Hall–Kier alpha value is -2.47. The molecule has 156 valence electrons. The SMILES string of the molecule is COc1ccc(S(=O)(=O)C2(CCCC#Cc3cccc(Cl)c3)SC(=O)NC2=O)cc1. The predicted molar refractivity (Wildman–Crippen MR) is 116 cm³/mol. The molecule has 1 heterocycles. The first-order valence-electron chi connectivity index (χ1n) is 8.96. The Balaban J connectivity index is 1.81. The number of unbranched alkanes of at least 4 members (excludes halogenated alkanes) is 1. The Bertz CT molecular complexity index is 1140. The quantitative estimate of drug-likeness (QED) is 0.514. The number of benzene rings is 2. The van der Waals surface area contributed by atoms with Gasteiger partial charge in [-0.1, -0.05) is 29.5 Å². The first-order chi connectivity index (χ1) is 14.3. The van der Waals surface area contributed by atoms with Crippen LogP contribution in [0.3, 0.4) is 0 Å². The molecule has 0 radical (unpaired) electrons. The van der Waals surface area contributed by atoms with E-state index in [9.17, 15) is 18.0 Å². The van der Waals surface area contributed by atoms with E-state index >= 15 is 0 Å².